The molecule has 2 heteroatoms. The highest BCUT2D eigenvalue weighted by atomic mass is 14.9. The van der Waals surface area contributed by atoms with Gasteiger partial charge in [-0.2, -0.15) is 5.26 Å². The number of hydrogen-bond donors (Lipinski definition) is 1. The number of hydrogen-bond acceptors (Lipinski definition) is 2. The van der Waals surface area contributed by atoms with E-state index in [0.717, 1.165) is 11.1 Å². The molecule has 0 unspecified atom stereocenters. The third kappa shape index (κ3) is 2.21. The van der Waals surface area contributed by atoms with Crippen molar-refractivity contribution in [2.45, 2.75) is 6.04 Å². The van der Waals surface area contributed by atoms with E-state index >= 15 is 0 Å². The normalized spacial score (nSPS) is 9.75. The highest BCUT2D eigenvalue weighted by Crippen LogP contribution is 2.20. The van der Waals surface area contributed by atoms with Gasteiger partial charge in [0.2, 0.25) is 0 Å². The van der Waals surface area contributed by atoms with Gasteiger partial charge in [0.1, 0.15) is 0 Å². The average Bonchev–Trinajstić information content (AvgIpc) is 2.38. The molecule has 78 valence electrons. The van der Waals surface area contributed by atoms with Crippen LogP contribution >= 0.6 is 0 Å². The summed E-state index contributed by atoms with van der Waals surface area (Å²) in [6.45, 7) is 0. The maximum Gasteiger partial charge on any atom is 0.177 e. The zero-order valence-corrected chi connectivity index (χ0v) is 8.80. The van der Waals surface area contributed by atoms with Gasteiger partial charge in [-0.15, -0.1) is 0 Å². The van der Waals surface area contributed by atoms with Crippen LogP contribution in [0.15, 0.2) is 60.7 Å². The summed E-state index contributed by atoms with van der Waals surface area (Å²) in [4.78, 5) is 0. The Labute approximate surface area is 95.2 Å². The smallest absolute Gasteiger partial charge is 0.177 e. The second-order valence-corrected chi connectivity index (χ2v) is 3.51. The number of rotatable bonds is 3. The van der Waals surface area contributed by atoms with E-state index in [1.165, 1.54) is 0 Å². The molecule has 0 saturated heterocycles. The molecule has 0 heterocycles. The molecule has 0 fully saturated rings. The van der Waals surface area contributed by atoms with E-state index < -0.39 is 0 Å². The fourth-order valence-electron chi connectivity index (χ4n) is 1.71. The van der Waals surface area contributed by atoms with Crippen molar-refractivity contribution in [1.82, 2.24) is 5.32 Å². The molecule has 0 spiro atoms. The molecule has 0 atom stereocenters. The first-order valence-corrected chi connectivity index (χ1v) is 5.16. The molecule has 0 bridgehead atoms. The van der Waals surface area contributed by atoms with Gasteiger partial charge >= 0.3 is 0 Å². The maximum atomic E-state index is 8.80. The van der Waals surface area contributed by atoms with Crippen molar-refractivity contribution >= 4 is 0 Å². The summed E-state index contributed by atoms with van der Waals surface area (Å²) in [5, 5.41) is 11.6. The summed E-state index contributed by atoms with van der Waals surface area (Å²) in [7, 11) is 0. The lowest BCUT2D eigenvalue weighted by Crippen LogP contribution is -2.16. The molecule has 0 saturated carbocycles. The predicted octanol–water partition coefficient (Wildman–Crippen LogP) is 2.85. The summed E-state index contributed by atoms with van der Waals surface area (Å²) in [6.07, 6.45) is 2.01. The Morgan fingerprint density at radius 2 is 1.25 bits per heavy atom. The summed E-state index contributed by atoms with van der Waals surface area (Å²) in [6, 6.07) is 19.8. The quantitative estimate of drug-likeness (QED) is 0.622. The molecular formula is C14H12N2. The minimum Gasteiger partial charge on any atom is -0.312 e. The second kappa shape index (κ2) is 4.99. The van der Waals surface area contributed by atoms with Gasteiger partial charge in [-0.05, 0) is 11.1 Å². The molecule has 0 aromatic heterocycles. The van der Waals surface area contributed by atoms with E-state index in [2.05, 4.69) is 5.32 Å². The lowest BCUT2D eigenvalue weighted by molar-refractivity contribution is 0.741. The van der Waals surface area contributed by atoms with Gasteiger partial charge in [0.15, 0.2) is 6.19 Å². The van der Waals surface area contributed by atoms with E-state index in [0.29, 0.717) is 0 Å². The van der Waals surface area contributed by atoms with Crippen molar-refractivity contribution in [1.29, 1.82) is 5.26 Å². The van der Waals surface area contributed by atoms with Crippen LogP contribution < -0.4 is 5.32 Å². The zero-order chi connectivity index (χ0) is 11.2. The molecule has 0 aliphatic carbocycles. The molecule has 2 aromatic carbocycles. The monoisotopic (exact) mass is 208 g/mol. The third-order valence-electron chi connectivity index (χ3n) is 2.47. The van der Waals surface area contributed by atoms with E-state index in [9.17, 15) is 0 Å². The lowest BCUT2D eigenvalue weighted by atomic mass is 9.99. The molecular weight excluding hydrogens is 196 g/mol. The number of benzene rings is 2. The van der Waals surface area contributed by atoms with Crippen molar-refractivity contribution < 1.29 is 0 Å². The average molecular weight is 208 g/mol. The molecule has 2 aromatic rings. The van der Waals surface area contributed by atoms with Crippen molar-refractivity contribution in [3.05, 3.63) is 71.8 Å². The zero-order valence-electron chi connectivity index (χ0n) is 8.80. The van der Waals surface area contributed by atoms with Crippen molar-refractivity contribution in [3.63, 3.8) is 0 Å². The topological polar surface area (TPSA) is 35.8 Å². The van der Waals surface area contributed by atoms with Gasteiger partial charge in [-0.25, -0.2) is 0 Å². The van der Waals surface area contributed by atoms with Gasteiger partial charge in [-0.1, -0.05) is 60.7 Å². The minimum atomic E-state index is -0.0626. The minimum absolute atomic E-state index is 0.0626. The van der Waals surface area contributed by atoms with Crippen molar-refractivity contribution in [3.8, 4) is 6.19 Å². The lowest BCUT2D eigenvalue weighted by Gasteiger charge is -2.15. The Morgan fingerprint density at radius 3 is 1.62 bits per heavy atom. The van der Waals surface area contributed by atoms with Crippen LogP contribution in [-0.4, -0.2) is 0 Å². The Balaban J connectivity index is 2.36. The summed E-state index contributed by atoms with van der Waals surface area (Å²) in [5.74, 6) is 0. The molecule has 2 rings (SSSR count). The molecule has 16 heavy (non-hydrogen) atoms. The Bertz CT molecular complexity index is 432. The van der Waals surface area contributed by atoms with E-state index in [4.69, 9.17) is 5.26 Å². The van der Waals surface area contributed by atoms with E-state index in [1.54, 1.807) is 0 Å². The highest BCUT2D eigenvalue weighted by Gasteiger charge is 2.11. The number of nitriles is 1. The van der Waals surface area contributed by atoms with E-state index in [-0.39, 0.29) is 6.04 Å². The maximum absolute atomic E-state index is 8.80. The van der Waals surface area contributed by atoms with Gasteiger partial charge in [-0.3, -0.25) is 0 Å². The largest absolute Gasteiger partial charge is 0.312 e. The van der Waals surface area contributed by atoms with Crippen molar-refractivity contribution in [2.75, 3.05) is 0 Å². The van der Waals surface area contributed by atoms with Crippen LogP contribution in [0.3, 0.4) is 0 Å². The van der Waals surface area contributed by atoms with E-state index in [1.807, 2.05) is 66.9 Å². The molecule has 1 N–H and O–H groups in total. The van der Waals surface area contributed by atoms with Gasteiger partial charge in [0.25, 0.3) is 0 Å². The van der Waals surface area contributed by atoms with Gasteiger partial charge in [0, 0.05) is 0 Å². The van der Waals surface area contributed by atoms with Crippen LogP contribution in [0.1, 0.15) is 17.2 Å². The highest BCUT2D eigenvalue weighted by molar-refractivity contribution is 5.32. The van der Waals surface area contributed by atoms with Crippen LogP contribution in [0.2, 0.25) is 0 Å². The second-order valence-electron chi connectivity index (χ2n) is 3.51. The fourth-order valence-corrected chi connectivity index (χ4v) is 1.71. The molecule has 0 aliphatic rings. The van der Waals surface area contributed by atoms with Gasteiger partial charge < -0.3 is 5.32 Å². The standard InChI is InChI=1S/C14H12N2/c15-11-16-14(12-7-3-1-4-8-12)13-9-5-2-6-10-13/h1-10,14,16H. The molecule has 0 radical (unpaired) electrons. The van der Waals surface area contributed by atoms with Crippen LogP contribution in [0.5, 0.6) is 0 Å². The van der Waals surface area contributed by atoms with Crippen LogP contribution in [0.4, 0.5) is 0 Å². The molecule has 2 nitrogen and oxygen atoms in total. The molecule has 0 amide bonds. The molecule has 0 aliphatic heterocycles. The van der Waals surface area contributed by atoms with Crippen molar-refractivity contribution in [2.24, 2.45) is 0 Å². The number of nitrogens with one attached hydrogen (secondary N) is 1. The Hall–Kier alpha value is -2.27. The van der Waals surface area contributed by atoms with Crippen LogP contribution in [0, 0.1) is 11.5 Å². The first kappa shape index (κ1) is 10.3. The Morgan fingerprint density at radius 1 is 0.812 bits per heavy atom. The number of nitrogens with zero attached hydrogens (tertiary/aromatic N) is 1. The van der Waals surface area contributed by atoms with Crippen LogP contribution in [-0.2, 0) is 0 Å². The fraction of sp³-hybridized carbons (Fsp3) is 0.0714. The summed E-state index contributed by atoms with van der Waals surface area (Å²) < 4.78 is 0. The Kier molecular flexibility index (Phi) is 3.20. The summed E-state index contributed by atoms with van der Waals surface area (Å²) in [5.41, 5.74) is 2.19. The third-order valence-corrected chi connectivity index (χ3v) is 2.47. The first-order valence-electron chi connectivity index (χ1n) is 5.16. The predicted molar refractivity (Wildman–Crippen MR) is 63.5 cm³/mol. The first-order chi connectivity index (χ1) is 7.92. The SMILES string of the molecule is N#CNC(c1ccccc1)c1ccccc1. The van der Waals surface area contributed by atoms with Gasteiger partial charge in [0.05, 0.1) is 6.04 Å². The summed E-state index contributed by atoms with van der Waals surface area (Å²) >= 11 is 0. The van der Waals surface area contributed by atoms with Crippen LogP contribution in [0.25, 0.3) is 0 Å².